The van der Waals surface area contributed by atoms with Gasteiger partial charge in [-0.25, -0.2) is 0 Å². The number of nitrogen functional groups attached to an aromatic ring is 1. The highest BCUT2D eigenvalue weighted by molar-refractivity contribution is 6.31. The number of hydrogen-bond donors (Lipinski definition) is 2. The zero-order valence-corrected chi connectivity index (χ0v) is 10.5. The summed E-state index contributed by atoms with van der Waals surface area (Å²) in [6, 6.07) is 12.6. The Morgan fingerprint density at radius 1 is 1.17 bits per heavy atom. The van der Waals surface area contributed by atoms with Crippen molar-refractivity contribution < 1.29 is 9.84 Å². The number of halogens is 1. The first kappa shape index (κ1) is 12.7. The molecule has 0 fully saturated rings. The SMILES string of the molecule is Nc1cccc(Cl)c1COc1cccc(CO)c1. The zero-order valence-electron chi connectivity index (χ0n) is 9.77. The molecule has 94 valence electrons. The predicted octanol–water partition coefficient (Wildman–Crippen LogP) is 2.99. The topological polar surface area (TPSA) is 55.5 Å². The van der Waals surface area contributed by atoms with Gasteiger partial charge >= 0.3 is 0 Å². The molecule has 0 aromatic heterocycles. The van der Waals surface area contributed by atoms with E-state index in [0.29, 0.717) is 23.1 Å². The molecule has 0 saturated carbocycles. The Morgan fingerprint density at radius 3 is 2.67 bits per heavy atom. The summed E-state index contributed by atoms with van der Waals surface area (Å²) in [5, 5.41) is 9.63. The second kappa shape index (κ2) is 5.76. The van der Waals surface area contributed by atoms with Gasteiger partial charge < -0.3 is 15.6 Å². The molecule has 0 spiro atoms. The maximum Gasteiger partial charge on any atom is 0.120 e. The van der Waals surface area contributed by atoms with Gasteiger partial charge in [0.2, 0.25) is 0 Å². The first-order chi connectivity index (χ1) is 8.70. The summed E-state index contributed by atoms with van der Waals surface area (Å²) in [5.41, 5.74) is 8.03. The van der Waals surface area contributed by atoms with Crippen LogP contribution in [0.15, 0.2) is 42.5 Å². The van der Waals surface area contributed by atoms with Crippen molar-refractivity contribution in [3.05, 3.63) is 58.6 Å². The van der Waals surface area contributed by atoms with E-state index in [2.05, 4.69) is 0 Å². The van der Waals surface area contributed by atoms with Crippen LogP contribution in [0.25, 0.3) is 0 Å². The highest BCUT2D eigenvalue weighted by Crippen LogP contribution is 2.24. The molecule has 0 aliphatic heterocycles. The summed E-state index contributed by atoms with van der Waals surface area (Å²) in [6.07, 6.45) is 0. The smallest absolute Gasteiger partial charge is 0.120 e. The lowest BCUT2D eigenvalue weighted by molar-refractivity contribution is 0.278. The monoisotopic (exact) mass is 263 g/mol. The van der Waals surface area contributed by atoms with Crippen molar-refractivity contribution in [3.8, 4) is 5.75 Å². The third-order valence-electron chi connectivity index (χ3n) is 2.62. The molecule has 0 aliphatic carbocycles. The molecule has 2 aromatic rings. The molecule has 0 bridgehead atoms. The summed E-state index contributed by atoms with van der Waals surface area (Å²) in [4.78, 5) is 0. The Balaban J connectivity index is 2.11. The molecule has 0 unspecified atom stereocenters. The lowest BCUT2D eigenvalue weighted by atomic mass is 10.2. The second-order valence-electron chi connectivity index (χ2n) is 3.90. The van der Waals surface area contributed by atoms with Crippen LogP contribution in [0.2, 0.25) is 5.02 Å². The van der Waals surface area contributed by atoms with Crippen LogP contribution in [0.5, 0.6) is 5.75 Å². The molecule has 3 N–H and O–H groups in total. The number of anilines is 1. The fraction of sp³-hybridized carbons (Fsp3) is 0.143. The number of nitrogens with two attached hydrogens (primary N) is 1. The van der Waals surface area contributed by atoms with Crippen molar-refractivity contribution in [3.63, 3.8) is 0 Å². The van der Waals surface area contributed by atoms with Crippen molar-refractivity contribution in [1.29, 1.82) is 0 Å². The minimum Gasteiger partial charge on any atom is -0.489 e. The van der Waals surface area contributed by atoms with Gasteiger partial charge in [0.15, 0.2) is 0 Å². The normalized spacial score (nSPS) is 10.3. The quantitative estimate of drug-likeness (QED) is 0.834. The van der Waals surface area contributed by atoms with Gasteiger partial charge in [-0.05, 0) is 29.8 Å². The Labute approximate surface area is 111 Å². The van der Waals surface area contributed by atoms with E-state index < -0.39 is 0 Å². The summed E-state index contributed by atoms with van der Waals surface area (Å²) < 4.78 is 5.62. The molecule has 0 heterocycles. The lowest BCUT2D eigenvalue weighted by Crippen LogP contribution is -2.01. The summed E-state index contributed by atoms with van der Waals surface area (Å²) in [7, 11) is 0. The van der Waals surface area contributed by atoms with Crippen LogP contribution < -0.4 is 10.5 Å². The largest absolute Gasteiger partial charge is 0.489 e. The van der Waals surface area contributed by atoms with E-state index in [-0.39, 0.29) is 6.61 Å². The summed E-state index contributed by atoms with van der Waals surface area (Å²) in [5.74, 6) is 0.681. The van der Waals surface area contributed by atoms with E-state index in [1.54, 1.807) is 24.3 Å². The minimum atomic E-state index is -0.00850. The maximum atomic E-state index is 9.04. The zero-order chi connectivity index (χ0) is 13.0. The van der Waals surface area contributed by atoms with Crippen LogP contribution in [-0.2, 0) is 13.2 Å². The minimum absolute atomic E-state index is 0.00850. The third-order valence-corrected chi connectivity index (χ3v) is 2.97. The highest BCUT2D eigenvalue weighted by atomic mass is 35.5. The van der Waals surface area contributed by atoms with Crippen LogP contribution >= 0.6 is 11.6 Å². The van der Waals surface area contributed by atoms with E-state index in [9.17, 15) is 0 Å². The highest BCUT2D eigenvalue weighted by Gasteiger charge is 2.05. The number of aliphatic hydroxyl groups excluding tert-OH is 1. The van der Waals surface area contributed by atoms with Gasteiger partial charge in [0.05, 0.1) is 6.61 Å². The molecule has 3 nitrogen and oxygen atoms in total. The van der Waals surface area contributed by atoms with Crippen molar-refractivity contribution in [2.75, 3.05) is 5.73 Å². The molecule has 0 amide bonds. The molecule has 2 rings (SSSR count). The molecule has 0 saturated heterocycles. The van der Waals surface area contributed by atoms with Gasteiger partial charge in [-0.2, -0.15) is 0 Å². The first-order valence-corrected chi connectivity index (χ1v) is 5.94. The molecule has 0 radical (unpaired) electrons. The molecular formula is C14H14ClNO2. The van der Waals surface area contributed by atoms with E-state index in [0.717, 1.165) is 11.1 Å². The number of ether oxygens (including phenoxy) is 1. The summed E-state index contributed by atoms with van der Waals surface area (Å²) in [6.45, 7) is 0.297. The summed E-state index contributed by atoms with van der Waals surface area (Å²) >= 11 is 6.05. The van der Waals surface area contributed by atoms with E-state index in [4.69, 9.17) is 27.2 Å². The van der Waals surface area contributed by atoms with Crippen molar-refractivity contribution in [2.24, 2.45) is 0 Å². The number of hydrogen-bond acceptors (Lipinski definition) is 3. The first-order valence-electron chi connectivity index (χ1n) is 5.56. The molecule has 4 heteroatoms. The van der Waals surface area contributed by atoms with Crippen LogP contribution in [-0.4, -0.2) is 5.11 Å². The van der Waals surface area contributed by atoms with E-state index >= 15 is 0 Å². The van der Waals surface area contributed by atoms with Crippen LogP contribution in [0.3, 0.4) is 0 Å². The van der Waals surface area contributed by atoms with Gasteiger partial charge in [-0.3, -0.25) is 0 Å². The Morgan fingerprint density at radius 2 is 1.94 bits per heavy atom. The van der Waals surface area contributed by atoms with E-state index in [1.165, 1.54) is 0 Å². The maximum absolute atomic E-state index is 9.04. The molecule has 0 aliphatic rings. The van der Waals surface area contributed by atoms with Crippen molar-refractivity contribution in [2.45, 2.75) is 13.2 Å². The van der Waals surface area contributed by atoms with E-state index in [1.807, 2.05) is 18.2 Å². The molecular weight excluding hydrogens is 250 g/mol. The Hall–Kier alpha value is -1.71. The van der Waals surface area contributed by atoms with Crippen molar-refractivity contribution >= 4 is 17.3 Å². The predicted molar refractivity (Wildman–Crippen MR) is 72.6 cm³/mol. The fourth-order valence-electron chi connectivity index (χ4n) is 1.62. The van der Waals surface area contributed by atoms with Crippen LogP contribution in [0.4, 0.5) is 5.69 Å². The number of aliphatic hydroxyl groups is 1. The second-order valence-corrected chi connectivity index (χ2v) is 4.31. The third kappa shape index (κ3) is 2.94. The van der Waals surface area contributed by atoms with Crippen LogP contribution in [0, 0.1) is 0 Å². The Bertz CT molecular complexity index is 523. The number of benzene rings is 2. The van der Waals surface area contributed by atoms with Crippen molar-refractivity contribution in [1.82, 2.24) is 0 Å². The standard InChI is InChI=1S/C14H14ClNO2/c15-13-5-2-6-14(16)12(13)9-18-11-4-1-3-10(7-11)8-17/h1-7,17H,8-9,16H2. The lowest BCUT2D eigenvalue weighted by Gasteiger charge is -2.10. The number of rotatable bonds is 4. The fourth-order valence-corrected chi connectivity index (χ4v) is 1.85. The van der Waals surface area contributed by atoms with Gasteiger partial charge in [0.25, 0.3) is 0 Å². The van der Waals surface area contributed by atoms with Crippen LogP contribution in [0.1, 0.15) is 11.1 Å². The molecule has 18 heavy (non-hydrogen) atoms. The average Bonchev–Trinajstić information content (AvgIpc) is 2.38. The van der Waals surface area contributed by atoms with Gasteiger partial charge in [-0.1, -0.05) is 29.8 Å². The average molecular weight is 264 g/mol. The van der Waals surface area contributed by atoms with Gasteiger partial charge in [-0.15, -0.1) is 0 Å². The van der Waals surface area contributed by atoms with Gasteiger partial charge in [0.1, 0.15) is 12.4 Å². The van der Waals surface area contributed by atoms with Gasteiger partial charge in [0, 0.05) is 16.3 Å². The molecule has 0 atom stereocenters. The molecule has 2 aromatic carbocycles. The Kier molecular flexibility index (Phi) is 4.07.